The summed E-state index contributed by atoms with van der Waals surface area (Å²) in [6.07, 6.45) is 3.98. The summed E-state index contributed by atoms with van der Waals surface area (Å²) in [6.45, 7) is 3.02. The number of benzene rings is 1. The summed E-state index contributed by atoms with van der Waals surface area (Å²) < 4.78 is 5.28. The molecule has 90 valence electrons. The van der Waals surface area contributed by atoms with Crippen molar-refractivity contribution in [3.8, 4) is 0 Å². The zero-order chi connectivity index (χ0) is 11.9. The van der Waals surface area contributed by atoms with Crippen LogP contribution in [0.1, 0.15) is 24.7 Å². The van der Waals surface area contributed by atoms with Crippen LogP contribution in [0.3, 0.4) is 0 Å². The van der Waals surface area contributed by atoms with Gasteiger partial charge < -0.3 is 9.73 Å². The van der Waals surface area contributed by atoms with Crippen LogP contribution in [0.25, 0.3) is 0 Å². The van der Waals surface area contributed by atoms with E-state index in [1.165, 1.54) is 5.56 Å². The molecule has 2 rings (SSSR count). The molecule has 0 amide bonds. The van der Waals surface area contributed by atoms with Crippen LogP contribution < -0.4 is 5.32 Å². The molecule has 1 N–H and O–H groups in total. The van der Waals surface area contributed by atoms with Gasteiger partial charge in [-0.1, -0.05) is 30.3 Å². The van der Waals surface area contributed by atoms with Gasteiger partial charge in [-0.3, -0.25) is 0 Å². The van der Waals surface area contributed by atoms with Gasteiger partial charge in [0.25, 0.3) is 0 Å². The summed E-state index contributed by atoms with van der Waals surface area (Å²) in [7, 11) is 0. The van der Waals surface area contributed by atoms with Crippen molar-refractivity contribution >= 4 is 0 Å². The molecular formula is C15H19NO. The fraction of sp³-hybridized carbons (Fsp3) is 0.333. The molecule has 0 saturated carbocycles. The van der Waals surface area contributed by atoms with Gasteiger partial charge in [-0.05, 0) is 37.5 Å². The van der Waals surface area contributed by atoms with Crippen molar-refractivity contribution < 1.29 is 4.42 Å². The number of rotatable bonds is 6. The molecule has 0 aliphatic carbocycles. The third-order valence-corrected chi connectivity index (χ3v) is 2.91. The van der Waals surface area contributed by atoms with E-state index in [1.807, 2.05) is 12.1 Å². The van der Waals surface area contributed by atoms with E-state index in [4.69, 9.17) is 4.42 Å². The molecule has 2 aromatic rings. The van der Waals surface area contributed by atoms with E-state index < -0.39 is 0 Å². The van der Waals surface area contributed by atoms with Gasteiger partial charge in [0, 0.05) is 6.04 Å². The average Bonchev–Trinajstić information content (AvgIpc) is 2.88. The quantitative estimate of drug-likeness (QED) is 0.821. The van der Waals surface area contributed by atoms with E-state index in [0.29, 0.717) is 6.04 Å². The normalized spacial score (nSPS) is 12.5. The Morgan fingerprint density at radius 3 is 2.65 bits per heavy atom. The zero-order valence-corrected chi connectivity index (χ0v) is 10.2. The van der Waals surface area contributed by atoms with Crippen LogP contribution in [0, 0.1) is 0 Å². The summed E-state index contributed by atoms with van der Waals surface area (Å²) in [5.74, 6) is 0.997. The molecular weight excluding hydrogens is 210 g/mol. The summed E-state index contributed by atoms with van der Waals surface area (Å²) in [4.78, 5) is 0. The van der Waals surface area contributed by atoms with Gasteiger partial charge in [-0.2, -0.15) is 0 Å². The van der Waals surface area contributed by atoms with Gasteiger partial charge >= 0.3 is 0 Å². The summed E-state index contributed by atoms with van der Waals surface area (Å²) in [5.41, 5.74) is 1.40. The van der Waals surface area contributed by atoms with Crippen molar-refractivity contribution in [1.82, 2.24) is 5.32 Å². The molecule has 17 heavy (non-hydrogen) atoms. The lowest BCUT2D eigenvalue weighted by Gasteiger charge is -2.12. The Bertz CT molecular complexity index is 408. The number of hydrogen-bond donors (Lipinski definition) is 1. The monoisotopic (exact) mass is 229 g/mol. The van der Waals surface area contributed by atoms with Crippen LogP contribution in [0.2, 0.25) is 0 Å². The summed E-state index contributed by atoms with van der Waals surface area (Å²) in [6, 6.07) is 15.0. The van der Waals surface area contributed by atoms with E-state index in [0.717, 1.165) is 25.1 Å². The Balaban J connectivity index is 1.69. The van der Waals surface area contributed by atoms with Gasteiger partial charge in [0.05, 0.1) is 12.8 Å². The first-order valence-corrected chi connectivity index (χ1v) is 6.14. The second-order valence-electron chi connectivity index (χ2n) is 4.39. The highest BCUT2D eigenvalue weighted by Crippen LogP contribution is 2.06. The number of nitrogens with one attached hydrogen (secondary N) is 1. The van der Waals surface area contributed by atoms with E-state index in [9.17, 15) is 0 Å². The molecule has 0 aliphatic heterocycles. The molecule has 1 aromatic heterocycles. The van der Waals surface area contributed by atoms with Gasteiger partial charge in [-0.15, -0.1) is 0 Å². The van der Waals surface area contributed by atoms with Crippen LogP contribution in [-0.2, 0) is 13.0 Å². The lowest BCUT2D eigenvalue weighted by atomic mass is 10.1. The van der Waals surface area contributed by atoms with Crippen molar-refractivity contribution in [2.75, 3.05) is 0 Å². The molecule has 2 nitrogen and oxygen atoms in total. The molecule has 1 aromatic carbocycles. The minimum Gasteiger partial charge on any atom is -0.468 e. The summed E-state index contributed by atoms with van der Waals surface area (Å²) >= 11 is 0. The van der Waals surface area contributed by atoms with Crippen molar-refractivity contribution in [2.45, 2.75) is 32.4 Å². The molecule has 1 heterocycles. The van der Waals surface area contributed by atoms with Crippen LogP contribution in [-0.4, -0.2) is 6.04 Å². The first kappa shape index (κ1) is 11.9. The van der Waals surface area contributed by atoms with E-state index in [-0.39, 0.29) is 0 Å². The van der Waals surface area contributed by atoms with Crippen molar-refractivity contribution in [3.63, 3.8) is 0 Å². The van der Waals surface area contributed by atoms with Gasteiger partial charge in [0.15, 0.2) is 0 Å². The zero-order valence-electron chi connectivity index (χ0n) is 10.2. The van der Waals surface area contributed by atoms with Gasteiger partial charge in [-0.25, -0.2) is 0 Å². The molecule has 0 bridgehead atoms. The van der Waals surface area contributed by atoms with Gasteiger partial charge in [0.2, 0.25) is 0 Å². The smallest absolute Gasteiger partial charge is 0.117 e. The van der Waals surface area contributed by atoms with Gasteiger partial charge in [0.1, 0.15) is 5.76 Å². The predicted octanol–water partition coefficient (Wildman–Crippen LogP) is 3.39. The number of aryl methyl sites for hydroxylation is 1. The highest BCUT2D eigenvalue weighted by molar-refractivity contribution is 5.14. The van der Waals surface area contributed by atoms with Crippen molar-refractivity contribution in [1.29, 1.82) is 0 Å². The SMILES string of the molecule is CC(CCc1ccccc1)NCc1ccco1. The third-order valence-electron chi connectivity index (χ3n) is 2.91. The van der Waals surface area contributed by atoms with Crippen LogP contribution >= 0.6 is 0 Å². The molecule has 0 fully saturated rings. The lowest BCUT2D eigenvalue weighted by molar-refractivity contribution is 0.443. The Labute approximate surface area is 103 Å². The van der Waals surface area contributed by atoms with E-state index in [1.54, 1.807) is 6.26 Å². The van der Waals surface area contributed by atoms with Crippen molar-refractivity contribution in [3.05, 3.63) is 60.1 Å². The number of furan rings is 1. The topological polar surface area (TPSA) is 25.2 Å². The molecule has 0 saturated heterocycles. The standard InChI is InChI=1S/C15H19NO/c1-13(16-12-15-8-5-11-17-15)9-10-14-6-3-2-4-7-14/h2-8,11,13,16H,9-10,12H2,1H3. The highest BCUT2D eigenvalue weighted by atomic mass is 16.3. The maximum Gasteiger partial charge on any atom is 0.117 e. The number of hydrogen-bond acceptors (Lipinski definition) is 2. The molecule has 0 spiro atoms. The second kappa shape index (κ2) is 6.26. The Morgan fingerprint density at radius 1 is 1.12 bits per heavy atom. The van der Waals surface area contributed by atoms with Crippen LogP contribution in [0.15, 0.2) is 53.1 Å². The Morgan fingerprint density at radius 2 is 1.94 bits per heavy atom. The predicted molar refractivity (Wildman–Crippen MR) is 69.8 cm³/mol. The molecule has 0 aliphatic rings. The largest absolute Gasteiger partial charge is 0.468 e. The molecule has 2 heteroatoms. The van der Waals surface area contributed by atoms with Crippen LogP contribution in [0.5, 0.6) is 0 Å². The van der Waals surface area contributed by atoms with E-state index in [2.05, 4.69) is 42.6 Å². The fourth-order valence-corrected chi connectivity index (χ4v) is 1.82. The third kappa shape index (κ3) is 4.08. The molecule has 1 unspecified atom stereocenters. The first-order valence-electron chi connectivity index (χ1n) is 6.14. The average molecular weight is 229 g/mol. The lowest BCUT2D eigenvalue weighted by Crippen LogP contribution is -2.25. The minimum absolute atomic E-state index is 0.500. The molecule has 1 atom stereocenters. The highest BCUT2D eigenvalue weighted by Gasteiger charge is 2.03. The van der Waals surface area contributed by atoms with E-state index >= 15 is 0 Å². The molecule has 0 radical (unpaired) electrons. The van der Waals surface area contributed by atoms with Crippen LogP contribution in [0.4, 0.5) is 0 Å². The van der Waals surface area contributed by atoms with Crippen molar-refractivity contribution in [2.24, 2.45) is 0 Å². The maximum absolute atomic E-state index is 5.28. The first-order chi connectivity index (χ1) is 8.34. The summed E-state index contributed by atoms with van der Waals surface area (Å²) in [5, 5.41) is 3.46. The Hall–Kier alpha value is -1.54. The fourth-order valence-electron chi connectivity index (χ4n) is 1.82. The maximum atomic E-state index is 5.28. The minimum atomic E-state index is 0.500. The second-order valence-corrected chi connectivity index (χ2v) is 4.39. The Kier molecular flexibility index (Phi) is 4.39.